The number of esters is 1. The van der Waals surface area contributed by atoms with Crippen molar-refractivity contribution in [1.29, 1.82) is 0 Å². The maximum atomic E-state index is 11.4. The summed E-state index contributed by atoms with van der Waals surface area (Å²) < 4.78 is 6.08. The number of carbonyl (C=O) groups is 2. The molecule has 2 rings (SSSR count). The van der Waals surface area contributed by atoms with Gasteiger partial charge in [-0.1, -0.05) is 0 Å². The highest BCUT2D eigenvalue weighted by Gasteiger charge is 2.12. The number of carboxylic acids is 1. The van der Waals surface area contributed by atoms with Crippen LogP contribution in [0.15, 0.2) is 24.8 Å². The molecule has 0 fully saturated rings. The van der Waals surface area contributed by atoms with E-state index in [0.29, 0.717) is 0 Å². The van der Waals surface area contributed by atoms with E-state index in [1.807, 2.05) is 0 Å². The molecule has 0 aliphatic heterocycles. The molecule has 0 radical (unpaired) electrons. The number of carbonyl (C=O) groups excluding carboxylic acids is 1. The number of aromatic carboxylic acids is 1. The molecular weight excluding hydrogens is 252 g/mol. The van der Waals surface area contributed by atoms with Gasteiger partial charge in [0.05, 0.1) is 23.9 Å². The Hall–Kier alpha value is -2.77. The third kappa shape index (κ3) is 2.73. The predicted molar refractivity (Wildman–Crippen MR) is 62.1 cm³/mol. The zero-order valence-corrected chi connectivity index (χ0v) is 9.98. The lowest BCUT2D eigenvalue weighted by Crippen LogP contribution is -2.05. The maximum absolute atomic E-state index is 11.4. The van der Waals surface area contributed by atoms with Crippen molar-refractivity contribution in [3.8, 4) is 5.95 Å². The van der Waals surface area contributed by atoms with Gasteiger partial charge in [0.1, 0.15) is 0 Å². The first-order valence-corrected chi connectivity index (χ1v) is 5.39. The lowest BCUT2D eigenvalue weighted by Gasteiger charge is -1.99. The number of ether oxygens (including phenoxy) is 1. The van der Waals surface area contributed by atoms with Crippen molar-refractivity contribution in [2.45, 2.75) is 6.92 Å². The smallest absolute Gasteiger partial charge is 0.341 e. The second-order valence-electron chi connectivity index (χ2n) is 3.47. The van der Waals surface area contributed by atoms with Crippen LogP contribution in [0.25, 0.3) is 5.95 Å². The molecule has 1 N–H and O–H groups in total. The van der Waals surface area contributed by atoms with Crippen LogP contribution < -0.4 is 0 Å². The molecule has 2 aromatic heterocycles. The van der Waals surface area contributed by atoms with Gasteiger partial charge in [0.25, 0.3) is 0 Å². The third-order valence-corrected chi connectivity index (χ3v) is 2.18. The van der Waals surface area contributed by atoms with Crippen molar-refractivity contribution < 1.29 is 19.4 Å². The summed E-state index contributed by atoms with van der Waals surface area (Å²) in [5.41, 5.74) is 0.245. The fourth-order valence-corrected chi connectivity index (χ4v) is 1.30. The van der Waals surface area contributed by atoms with Gasteiger partial charge in [0.15, 0.2) is 0 Å². The summed E-state index contributed by atoms with van der Waals surface area (Å²) in [4.78, 5) is 29.8. The van der Waals surface area contributed by atoms with E-state index in [-0.39, 0.29) is 23.7 Å². The van der Waals surface area contributed by atoms with E-state index in [4.69, 9.17) is 9.84 Å². The minimum absolute atomic E-state index is 0.0264. The Labute approximate surface area is 107 Å². The molecule has 2 heterocycles. The predicted octanol–water partition coefficient (Wildman–Crippen LogP) is 0.537. The van der Waals surface area contributed by atoms with Crippen LogP contribution in [0.1, 0.15) is 27.6 Å². The molecule has 0 saturated heterocycles. The molecule has 8 nitrogen and oxygen atoms in total. The number of hydrogen-bond acceptors (Lipinski definition) is 6. The highest BCUT2D eigenvalue weighted by molar-refractivity contribution is 5.88. The van der Waals surface area contributed by atoms with Crippen LogP contribution in [0.5, 0.6) is 0 Å². The summed E-state index contributed by atoms with van der Waals surface area (Å²) in [6, 6.07) is 0. The fraction of sp³-hybridized carbons (Fsp3) is 0.182. The third-order valence-electron chi connectivity index (χ3n) is 2.18. The van der Waals surface area contributed by atoms with Gasteiger partial charge in [-0.25, -0.2) is 24.2 Å². The number of carboxylic acid groups (broad SMARTS) is 1. The first-order chi connectivity index (χ1) is 9.11. The number of aromatic nitrogens is 4. The van der Waals surface area contributed by atoms with E-state index in [9.17, 15) is 9.59 Å². The Morgan fingerprint density at radius 2 is 1.95 bits per heavy atom. The zero-order valence-electron chi connectivity index (χ0n) is 9.98. The van der Waals surface area contributed by atoms with Crippen molar-refractivity contribution in [3.63, 3.8) is 0 Å². The molecule has 8 heteroatoms. The standard InChI is InChI=1S/C11H10N4O4/c1-2-19-10(18)8-5-14-15(6-8)11-12-3-7(4-13-11)9(16)17/h3-6H,2H2,1H3,(H,16,17). The van der Waals surface area contributed by atoms with E-state index in [1.165, 1.54) is 17.1 Å². The first-order valence-electron chi connectivity index (χ1n) is 5.39. The Bertz CT molecular complexity index is 605. The number of nitrogens with zero attached hydrogens (tertiary/aromatic N) is 4. The van der Waals surface area contributed by atoms with Crippen LogP contribution in [0, 0.1) is 0 Å². The van der Waals surface area contributed by atoms with Gasteiger partial charge >= 0.3 is 11.9 Å². The molecule has 0 aliphatic rings. The van der Waals surface area contributed by atoms with E-state index in [0.717, 1.165) is 12.4 Å². The lowest BCUT2D eigenvalue weighted by atomic mass is 10.3. The van der Waals surface area contributed by atoms with Crippen LogP contribution in [0.2, 0.25) is 0 Å². The van der Waals surface area contributed by atoms with E-state index in [1.54, 1.807) is 6.92 Å². The Kier molecular flexibility index (Phi) is 3.51. The van der Waals surface area contributed by atoms with Crippen LogP contribution >= 0.6 is 0 Å². The van der Waals surface area contributed by atoms with Gasteiger partial charge in [-0.05, 0) is 6.92 Å². The molecule has 0 amide bonds. The van der Waals surface area contributed by atoms with E-state index in [2.05, 4.69) is 15.1 Å². The molecule has 0 bridgehead atoms. The van der Waals surface area contributed by atoms with Crippen molar-refractivity contribution in [2.24, 2.45) is 0 Å². The second kappa shape index (κ2) is 5.25. The van der Waals surface area contributed by atoms with Gasteiger partial charge in [-0.15, -0.1) is 0 Å². The summed E-state index contributed by atoms with van der Waals surface area (Å²) >= 11 is 0. The van der Waals surface area contributed by atoms with E-state index < -0.39 is 11.9 Å². The average Bonchev–Trinajstić information content (AvgIpc) is 2.89. The van der Waals surface area contributed by atoms with Crippen molar-refractivity contribution in [1.82, 2.24) is 19.7 Å². The SMILES string of the molecule is CCOC(=O)c1cnn(-c2ncc(C(=O)O)cn2)c1. The number of hydrogen-bond donors (Lipinski definition) is 1. The summed E-state index contributed by atoms with van der Waals surface area (Å²) in [5, 5.41) is 12.6. The minimum Gasteiger partial charge on any atom is -0.478 e. The second-order valence-corrected chi connectivity index (χ2v) is 3.47. The molecule has 0 saturated carbocycles. The summed E-state index contributed by atoms with van der Waals surface area (Å²) in [6.45, 7) is 1.98. The molecule has 0 atom stereocenters. The molecular formula is C11H10N4O4. The first kappa shape index (κ1) is 12.7. The molecule has 0 spiro atoms. The molecule has 0 unspecified atom stereocenters. The molecule has 98 valence electrons. The van der Waals surface area contributed by atoms with Crippen molar-refractivity contribution in [2.75, 3.05) is 6.61 Å². The number of rotatable bonds is 4. The monoisotopic (exact) mass is 262 g/mol. The maximum Gasteiger partial charge on any atom is 0.341 e. The van der Waals surface area contributed by atoms with Crippen molar-refractivity contribution in [3.05, 3.63) is 35.9 Å². The van der Waals surface area contributed by atoms with Gasteiger partial charge in [0.2, 0.25) is 5.95 Å². The van der Waals surface area contributed by atoms with Crippen LogP contribution in [-0.4, -0.2) is 43.4 Å². The van der Waals surface area contributed by atoms with Gasteiger partial charge < -0.3 is 9.84 Å². The normalized spacial score (nSPS) is 10.2. The van der Waals surface area contributed by atoms with Crippen LogP contribution in [0.4, 0.5) is 0 Å². The van der Waals surface area contributed by atoms with Crippen molar-refractivity contribution >= 4 is 11.9 Å². The highest BCUT2D eigenvalue weighted by atomic mass is 16.5. The van der Waals surface area contributed by atoms with Gasteiger partial charge in [0, 0.05) is 18.6 Å². The molecule has 0 aliphatic carbocycles. The summed E-state index contributed by atoms with van der Waals surface area (Å²) in [5.74, 6) is -1.43. The lowest BCUT2D eigenvalue weighted by molar-refractivity contribution is 0.0526. The minimum atomic E-state index is -1.11. The average molecular weight is 262 g/mol. The van der Waals surface area contributed by atoms with Crippen LogP contribution in [0.3, 0.4) is 0 Å². The summed E-state index contributed by atoms with van der Waals surface area (Å²) in [7, 11) is 0. The Balaban J connectivity index is 2.23. The molecule has 0 aromatic carbocycles. The van der Waals surface area contributed by atoms with Gasteiger partial charge in [-0.3, -0.25) is 0 Å². The quantitative estimate of drug-likeness (QED) is 0.801. The van der Waals surface area contributed by atoms with Gasteiger partial charge in [-0.2, -0.15) is 5.10 Å². The molecule has 19 heavy (non-hydrogen) atoms. The summed E-state index contributed by atoms with van der Waals surface area (Å²) in [6.07, 6.45) is 5.06. The highest BCUT2D eigenvalue weighted by Crippen LogP contribution is 2.05. The van der Waals surface area contributed by atoms with Crippen LogP contribution in [-0.2, 0) is 4.74 Å². The fourth-order valence-electron chi connectivity index (χ4n) is 1.30. The topological polar surface area (TPSA) is 107 Å². The largest absolute Gasteiger partial charge is 0.478 e. The Morgan fingerprint density at radius 3 is 2.53 bits per heavy atom. The Morgan fingerprint density at radius 1 is 1.26 bits per heavy atom. The van der Waals surface area contributed by atoms with E-state index >= 15 is 0 Å². The zero-order chi connectivity index (χ0) is 13.8. The molecule has 2 aromatic rings.